The number of carbonyl (C=O) groups excluding carboxylic acids is 4. The molecule has 8 nitrogen and oxygen atoms in total. The molecule has 3 amide bonds. The van der Waals surface area contributed by atoms with E-state index in [2.05, 4.69) is 19.2 Å². The fraction of sp³-hybridized carbons (Fsp3) is 0.417. The first-order chi connectivity index (χ1) is 15.3. The van der Waals surface area contributed by atoms with Crippen LogP contribution in [0.5, 0.6) is 0 Å². The van der Waals surface area contributed by atoms with E-state index in [1.165, 1.54) is 24.5 Å². The molecule has 0 bridgehead atoms. The van der Waals surface area contributed by atoms with Gasteiger partial charge in [-0.15, -0.1) is 0 Å². The van der Waals surface area contributed by atoms with E-state index < -0.39 is 24.4 Å². The third-order valence-electron chi connectivity index (χ3n) is 6.49. The van der Waals surface area contributed by atoms with E-state index in [4.69, 9.17) is 9.15 Å². The van der Waals surface area contributed by atoms with E-state index in [-0.39, 0.29) is 35.2 Å². The number of rotatable bonds is 6. The normalized spacial score (nSPS) is 22.6. The van der Waals surface area contributed by atoms with E-state index in [9.17, 15) is 19.2 Å². The van der Waals surface area contributed by atoms with Crippen LogP contribution in [0.15, 0.2) is 41.0 Å². The second-order valence-electron chi connectivity index (χ2n) is 8.55. The summed E-state index contributed by atoms with van der Waals surface area (Å²) in [6, 6.07) is 7.61. The van der Waals surface area contributed by atoms with Gasteiger partial charge in [0, 0.05) is 6.04 Å². The van der Waals surface area contributed by atoms with Crippen molar-refractivity contribution in [2.45, 2.75) is 45.7 Å². The molecule has 1 aliphatic heterocycles. The molecule has 1 N–H and O–H groups in total. The SMILES string of the molecule is C[C@@H]1[C@H](C)CCC[C@@H]1NC(=O)COC(=O)c1ccc2c(c1)C(=O)N(Cc1ccco1)C2=O. The number of imide groups is 1. The number of esters is 1. The van der Waals surface area contributed by atoms with Crippen LogP contribution in [-0.4, -0.2) is 41.2 Å². The van der Waals surface area contributed by atoms with Crippen LogP contribution < -0.4 is 5.32 Å². The fourth-order valence-corrected chi connectivity index (χ4v) is 4.37. The number of carbonyl (C=O) groups is 4. The van der Waals surface area contributed by atoms with Gasteiger partial charge in [0.2, 0.25) is 0 Å². The molecule has 0 spiro atoms. The highest BCUT2D eigenvalue weighted by Gasteiger charge is 2.36. The topological polar surface area (TPSA) is 106 Å². The van der Waals surface area contributed by atoms with E-state index in [1.54, 1.807) is 12.1 Å². The molecule has 1 fully saturated rings. The standard InChI is InChI=1S/C24H26N2O6/c1-14-5-3-7-20(15(14)2)25-21(27)13-32-24(30)16-8-9-18-19(11-16)23(29)26(22(18)28)12-17-6-4-10-31-17/h4,6,8-11,14-15,20H,3,5,7,12-13H2,1-2H3,(H,25,27)/t14-,15-,20+/m1/s1. The lowest BCUT2D eigenvalue weighted by Gasteiger charge is -2.34. The molecule has 1 aromatic carbocycles. The summed E-state index contributed by atoms with van der Waals surface area (Å²) in [6.07, 6.45) is 4.60. The molecule has 0 radical (unpaired) electrons. The molecule has 168 valence electrons. The van der Waals surface area contributed by atoms with Crippen molar-refractivity contribution in [3.63, 3.8) is 0 Å². The lowest BCUT2D eigenvalue weighted by molar-refractivity contribution is -0.125. The van der Waals surface area contributed by atoms with Gasteiger partial charge in [0.05, 0.1) is 29.5 Å². The van der Waals surface area contributed by atoms with Gasteiger partial charge in [-0.2, -0.15) is 0 Å². The van der Waals surface area contributed by atoms with Crippen LogP contribution in [0.25, 0.3) is 0 Å². The summed E-state index contributed by atoms with van der Waals surface area (Å²) < 4.78 is 10.4. The Hall–Kier alpha value is -3.42. The summed E-state index contributed by atoms with van der Waals surface area (Å²) in [4.78, 5) is 51.1. The summed E-state index contributed by atoms with van der Waals surface area (Å²) in [5.74, 6) is -0.639. The van der Waals surface area contributed by atoms with Crippen molar-refractivity contribution in [3.8, 4) is 0 Å². The Labute approximate surface area is 185 Å². The first-order valence-corrected chi connectivity index (χ1v) is 10.8. The molecule has 32 heavy (non-hydrogen) atoms. The Bertz CT molecular complexity index is 1040. The van der Waals surface area contributed by atoms with E-state index in [0.29, 0.717) is 17.6 Å². The zero-order valence-electron chi connectivity index (χ0n) is 18.1. The number of furan rings is 1. The van der Waals surface area contributed by atoms with Gasteiger partial charge in [-0.3, -0.25) is 19.3 Å². The van der Waals surface area contributed by atoms with Crippen molar-refractivity contribution in [2.24, 2.45) is 11.8 Å². The highest BCUT2D eigenvalue weighted by Crippen LogP contribution is 2.29. The molecule has 0 saturated heterocycles. The largest absolute Gasteiger partial charge is 0.467 e. The van der Waals surface area contributed by atoms with Crippen LogP contribution in [0.3, 0.4) is 0 Å². The predicted molar refractivity (Wildman–Crippen MR) is 114 cm³/mol. The highest BCUT2D eigenvalue weighted by atomic mass is 16.5. The minimum Gasteiger partial charge on any atom is -0.467 e. The molecule has 2 aromatic rings. The third kappa shape index (κ3) is 4.30. The summed E-state index contributed by atoms with van der Waals surface area (Å²) >= 11 is 0. The van der Waals surface area contributed by atoms with Crippen LogP contribution in [0.1, 0.15) is 69.9 Å². The summed E-state index contributed by atoms with van der Waals surface area (Å²) in [5.41, 5.74) is 0.457. The Morgan fingerprint density at radius 1 is 1.12 bits per heavy atom. The lowest BCUT2D eigenvalue weighted by Crippen LogP contribution is -2.45. The quantitative estimate of drug-likeness (QED) is 0.549. The molecular formula is C24H26N2O6. The van der Waals surface area contributed by atoms with Gasteiger partial charge in [0.1, 0.15) is 5.76 Å². The minimum absolute atomic E-state index is 0.0114. The number of nitrogens with zero attached hydrogens (tertiary/aromatic N) is 1. The summed E-state index contributed by atoms with van der Waals surface area (Å²) in [7, 11) is 0. The van der Waals surface area contributed by atoms with Gasteiger partial charge in [0.15, 0.2) is 6.61 Å². The molecule has 1 saturated carbocycles. The number of amides is 3. The van der Waals surface area contributed by atoms with Gasteiger partial charge < -0.3 is 14.5 Å². The lowest BCUT2D eigenvalue weighted by atomic mass is 9.78. The summed E-state index contributed by atoms with van der Waals surface area (Å²) in [6.45, 7) is 3.92. The Morgan fingerprint density at radius 3 is 2.66 bits per heavy atom. The predicted octanol–water partition coefficient (Wildman–Crippen LogP) is 3.17. The molecule has 0 unspecified atom stereocenters. The van der Waals surface area contributed by atoms with Gasteiger partial charge in [0.25, 0.3) is 17.7 Å². The Kier molecular flexibility index (Phi) is 6.12. The van der Waals surface area contributed by atoms with Crippen LogP contribution >= 0.6 is 0 Å². The third-order valence-corrected chi connectivity index (χ3v) is 6.49. The van der Waals surface area contributed by atoms with Gasteiger partial charge in [-0.05, 0) is 48.6 Å². The second kappa shape index (κ2) is 8.98. The molecular weight excluding hydrogens is 412 g/mol. The number of ether oxygens (including phenoxy) is 1. The first kappa shape index (κ1) is 21.8. The molecule has 2 heterocycles. The maximum absolute atomic E-state index is 12.7. The maximum atomic E-state index is 12.7. The summed E-state index contributed by atoms with van der Waals surface area (Å²) in [5, 5.41) is 2.96. The van der Waals surface area contributed by atoms with Crippen molar-refractivity contribution in [3.05, 3.63) is 59.0 Å². The van der Waals surface area contributed by atoms with Crippen molar-refractivity contribution >= 4 is 23.7 Å². The molecule has 4 rings (SSSR count). The van der Waals surface area contributed by atoms with E-state index in [1.807, 2.05) is 0 Å². The smallest absolute Gasteiger partial charge is 0.338 e. The zero-order chi connectivity index (χ0) is 22.8. The van der Waals surface area contributed by atoms with Crippen LogP contribution in [0, 0.1) is 11.8 Å². The average molecular weight is 438 g/mol. The number of hydrogen-bond donors (Lipinski definition) is 1. The van der Waals surface area contributed by atoms with E-state index in [0.717, 1.165) is 24.2 Å². The fourth-order valence-electron chi connectivity index (χ4n) is 4.37. The number of fused-ring (bicyclic) bond motifs is 1. The maximum Gasteiger partial charge on any atom is 0.338 e. The molecule has 2 aliphatic rings. The molecule has 3 atom stereocenters. The van der Waals surface area contributed by atoms with Crippen molar-refractivity contribution < 1.29 is 28.3 Å². The van der Waals surface area contributed by atoms with Gasteiger partial charge in [-0.1, -0.05) is 26.7 Å². The van der Waals surface area contributed by atoms with Crippen LogP contribution in [0.2, 0.25) is 0 Å². The Balaban J connectivity index is 1.37. The number of benzene rings is 1. The van der Waals surface area contributed by atoms with Gasteiger partial charge >= 0.3 is 5.97 Å². The van der Waals surface area contributed by atoms with Crippen molar-refractivity contribution in [1.29, 1.82) is 0 Å². The van der Waals surface area contributed by atoms with Crippen LogP contribution in [0.4, 0.5) is 0 Å². The monoisotopic (exact) mass is 438 g/mol. The number of hydrogen-bond acceptors (Lipinski definition) is 6. The highest BCUT2D eigenvalue weighted by molar-refractivity contribution is 6.21. The molecule has 1 aromatic heterocycles. The average Bonchev–Trinajstić information content (AvgIpc) is 3.38. The Morgan fingerprint density at radius 2 is 1.91 bits per heavy atom. The zero-order valence-corrected chi connectivity index (χ0v) is 18.1. The minimum atomic E-state index is -0.724. The van der Waals surface area contributed by atoms with Crippen molar-refractivity contribution in [1.82, 2.24) is 10.2 Å². The van der Waals surface area contributed by atoms with Crippen LogP contribution in [-0.2, 0) is 16.1 Å². The van der Waals surface area contributed by atoms with E-state index >= 15 is 0 Å². The first-order valence-electron chi connectivity index (χ1n) is 10.8. The molecule has 8 heteroatoms. The molecule has 1 aliphatic carbocycles. The second-order valence-corrected chi connectivity index (χ2v) is 8.55. The van der Waals surface area contributed by atoms with Gasteiger partial charge in [-0.25, -0.2) is 4.79 Å². The van der Waals surface area contributed by atoms with Crippen molar-refractivity contribution in [2.75, 3.05) is 6.61 Å². The number of nitrogens with one attached hydrogen (secondary N) is 1.